The average Bonchev–Trinajstić information content (AvgIpc) is 2.95. The molecule has 0 bridgehead atoms. The first kappa shape index (κ1) is 16.7. The van der Waals surface area contributed by atoms with Crippen molar-refractivity contribution in [2.75, 3.05) is 26.2 Å². The molecule has 0 saturated carbocycles. The highest BCUT2D eigenvalue weighted by atomic mass is 16.5. The Morgan fingerprint density at radius 2 is 2.08 bits per heavy atom. The van der Waals surface area contributed by atoms with E-state index in [4.69, 9.17) is 9.15 Å². The summed E-state index contributed by atoms with van der Waals surface area (Å²) in [6, 6.07) is 7.52. The molecule has 6 nitrogen and oxygen atoms in total. The van der Waals surface area contributed by atoms with Crippen LogP contribution in [0.5, 0.6) is 0 Å². The Balaban J connectivity index is 1.45. The lowest BCUT2D eigenvalue weighted by Gasteiger charge is -2.35. The highest BCUT2D eigenvalue weighted by molar-refractivity contribution is 5.91. The van der Waals surface area contributed by atoms with Crippen LogP contribution in [0.3, 0.4) is 0 Å². The third-order valence-corrected chi connectivity index (χ3v) is 3.91. The van der Waals surface area contributed by atoms with Gasteiger partial charge >= 0.3 is 0 Å². The monoisotopic (exact) mass is 329 g/mol. The molecule has 2 atom stereocenters. The summed E-state index contributed by atoms with van der Waals surface area (Å²) in [5.41, 5.74) is 1.50. The summed E-state index contributed by atoms with van der Waals surface area (Å²) >= 11 is 0. The molecule has 2 aromatic rings. The van der Waals surface area contributed by atoms with E-state index in [2.05, 4.69) is 29.0 Å². The van der Waals surface area contributed by atoms with Gasteiger partial charge in [-0.05, 0) is 26.0 Å². The van der Waals surface area contributed by atoms with E-state index in [1.165, 1.54) is 6.08 Å². The van der Waals surface area contributed by atoms with Gasteiger partial charge in [0.25, 0.3) is 0 Å². The summed E-state index contributed by atoms with van der Waals surface area (Å²) < 4.78 is 11.2. The number of nitrogens with zero attached hydrogens (tertiary/aromatic N) is 2. The summed E-state index contributed by atoms with van der Waals surface area (Å²) in [5, 5.41) is 2.89. The fourth-order valence-corrected chi connectivity index (χ4v) is 2.97. The molecule has 1 aliphatic heterocycles. The van der Waals surface area contributed by atoms with Crippen molar-refractivity contribution in [1.29, 1.82) is 0 Å². The van der Waals surface area contributed by atoms with Crippen LogP contribution < -0.4 is 5.32 Å². The summed E-state index contributed by atoms with van der Waals surface area (Å²) in [7, 11) is 0. The Morgan fingerprint density at radius 1 is 1.33 bits per heavy atom. The van der Waals surface area contributed by atoms with Gasteiger partial charge in [0.1, 0.15) is 5.52 Å². The van der Waals surface area contributed by atoms with Crippen LogP contribution in [0.1, 0.15) is 19.7 Å². The SMILES string of the molecule is CC1CN(CCNC(=O)C=Cc2nc3ccccc3o2)CC(C)O1. The normalized spacial score (nSPS) is 22.2. The van der Waals surface area contributed by atoms with Gasteiger partial charge < -0.3 is 14.5 Å². The van der Waals surface area contributed by atoms with Crippen molar-refractivity contribution in [3.63, 3.8) is 0 Å². The van der Waals surface area contributed by atoms with Crippen LogP contribution in [-0.4, -0.2) is 54.2 Å². The number of oxazole rings is 1. The number of carbonyl (C=O) groups excluding carboxylic acids is 1. The topological polar surface area (TPSA) is 67.6 Å². The van der Waals surface area contributed by atoms with E-state index >= 15 is 0 Å². The van der Waals surface area contributed by atoms with Crippen molar-refractivity contribution in [2.45, 2.75) is 26.1 Å². The molecule has 24 heavy (non-hydrogen) atoms. The summed E-state index contributed by atoms with van der Waals surface area (Å²) in [6.45, 7) is 7.38. The lowest BCUT2D eigenvalue weighted by Crippen LogP contribution is -2.47. The van der Waals surface area contributed by atoms with Crippen LogP contribution in [0.4, 0.5) is 0 Å². The minimum Gasteiger partial charge on any atom is -0.437 e. The molecule has 1 amide bonds. The highest BCUT2D eigenvalue weighted by Crippen LogP contribution is 2.15. The van der Waals surface area contributed by atoms with Crippen LogP contribution in [0.15, 0.2) is 34.8 Å². The van der Waals surface area contributed by atoms with E-state index in [0.29, 0.717) is 18.0 Å². The number of morpholine rings is 1. The Labute approximate surface area is 141 Å². The van der Waals surface area contributed by atoms with Crippen LogP contribution in [0.2, 0.25) is 0 Å². The first-order chi connectivity index (χ1) is 11.6. The number of benzene rings is 1. The molecule has 1 aromatic heterocycles. The van der Waals surface area contributed by atoms with Gasteiger partial charge in [0.05, 0.1) is 12.2 Å². The number of para-hydroxylation sites is 2. The quantitative estimate of drug-likeness (QED) is 0.851. The number of amides is 1. The number of carbonyl (C=O) groups is 1. The molecule has 1 saturated heterocycles. The van der Waals surface area contributed by atoms with Gasteiger partial charge in [-0.25, -0.2) is 4.98 Å². The lowest BCUT2D eigenvalue weighted by atomic mass is 10.2. The Morgan fingerprint density at radius 3 is 2.83 bits per heavy atom. The van der Waals surface area contributed by atoms with Gasteiger partial charge in [0.15, 0.2) is 5.58 Å². The fourth-order valence-electron chi connectivity index (χ4n) is 2.97. The highest BCUT2D eigenvalue weighted by Gasteiger charge is 2.21. The van der Waals surface area contributed by atoms with E-state index in [1.807, 2.05) is 24.3 Å². The van der Waals surface area contributed by atoms with Crippen molar-refractivity contribution in [1.82, 2.24) is 15.2 Å². The molecule has 3 rings (SSSR count). The van der Waals surface area contributed by atoms with Gasteiger partial charge in [-0.2, -0.15) is 0 Å². The van der Waals surface area contributed by atoms with Crippen molar-refractivity contribution < 1.29 is 13.9 Å². The van der Waals surface area contributed by atoms with Crippen LogP contribution in [-0.2, 0) is 9.53 Å². The molecule has 6 heteroatoms. The maximum absolute atomic E-state index is 11.9. The number of hydrogen-bond donors (Lipinski definition) is 1. The van der Waals surface area contributed by atoms with E-state index in [0.717, 1.165) is 25.2 Å². The van der Waals surface area contributed by atoms with E-state index < -0.39 is 0 Å². The number of ether oxygens (including phenoxy) is 1. The maximum Gasteiger partial charge on any atom is 0.244 e. The number of fused-ring (bicyclic) bond motifs is 1. The second-order valence-electron chi connectivity index (χ2n) is 6.16. The second kappa shape index (κ2) is 7.59. The predicted octanol–water partition coefficient (Wildman–Crippen LogP) is 2.07. The minimum absolute atomic E-state index is 0.147. The smallest absolute Gasteiger partial charge is 0.244 e. The zero-order chi connectivity index (χ0) is 16.9. The lowest BCUT2D eigenvalue weighted by molar-refractivity contribution is -0.116. The van der Waals surface area contributed by atoms with Gasteiger partial charge in [-0.1, -0.05) is 12.1 Å². The van der Waals surface area contributed by atoms with Crippen LogP contribution in [0.25, 0.3) is 17.2 Å². The second-order valence-corrected chi connectivity index (χ2v) is 6.16. The summed E-state index contributed by atoms with van der Waals surface area (Å²) in [4.78, 5) is 18.5. The first-order valence-electron chi connectivity index (χ1n) is 8.29. The molecule has 128 valence electrons. The molecule has 2 unspecified atom stereocenters. The van der Waals surface area contributed by atoms with Crippen molar-refractivity contribution in [3.05, 3.63) is 36.2 Å². The third kappa shape index (κ3) is 4.43. The molecule has 0 aliphatic carbocycles. The largest absolute Gasteiger partial charge is 0.437 e. The maximum atomic E-state index is 11.9. The van der Waals surface area contributed by atoms with Gasteiger partial charge in [0, 0.05) is 38.3 Å². The Kier molecular flexibility index (Phi) is 5.27. The van der Waals surface area contributed by atoms with Crippen molar-refractivity contribution >= 4 is 23.1 Å². The van der Waals surface area contributed by atoms with Gasteiger partial charge in [-0.15, -0.1) is 0 Å². The molecule has 1 N–H and O–H groups in total. The Hall–Kier alpha value is -2.18. The van der Waals surface area contributed by atoms with Crippen LogP contribution >= 0.6 is 0 Å². The molecule has 0 radical (unpaired) electrons. The third-order valence-electron chi connectivity index (χ3n) is 3.91. The number of aromatic nitrogens is 1. The van der Waals surface area contributed by atoms with E-state index in [-0.39, 0.29) is 18.1 Å². The van der Waals surface area contributed by atoms with E-state index in [9.17, 15) is 4.79 Å². The van der Waals surface area contributed by atoms with E-state index in [1.54, 1.807) is 6.08 Å². The summed E-state index contributed by atoms with van der Waals surface area (Å²) in [5.74, 6) is 0.286. The molecule has 0 spiro atoms. The molecule has 2 heterocycles. The Bertz CT molecular complexity index is 682. The molecule has 1 aliphatic rings. The molecule has 1 fully saturated rings. The average molecular weight is 329 g/mol. The predicted molar refractivity (Wildman–Crippen MR) is 92.5 cm³/mol. The number of rotatable bonds is 5. The van der Waals surface area contributed by atoms with Crippen molar-refractivity contribution in [3.8, 4) is 0 Å². The standard InChI is InChI=1S/C18H23N3O3/c1-13-11-21(12-14(2)23-13)10-9-19-17(22)7-8-18-20-15-5-3-4-6-16(15)24-18/h3-8,13-14H,9-12H2,1-2H3,(H,19,22). The fraction of sp³-hybridized carbons (Fsp3) is 0.444. The zero-order valence-electron chi connectivity index (χ0n) is 14.1. The molecule has 1 aromatic carbocycles. The number of hydrogen-bond acceptors (Lipinski definition) is 5. The summed E-state index contributed by atoms with van der Waals surface area (Å²) in [6.07, 6.45) is 3.52. The van der Waals surface area contributed by atoms with Gasteiger partial charge in [-0.3, -0.25) is 9.69 Å². The van der Waals surface area contributed by atoms with Crippen LogP contribution in [0, 0.1) is 0 Å². The van der Waals surface area contributed by atoms with Crippen molar-refractivity contribution in [2.24, 2.45) is 0 Å². The number of nitrogens with one attached hydrogen (secondary N) is 1. The molecular formula is C18H23N3O3. The molecular weight excluding hydrogens is 306 g/mol. The first-order valence-corrected chi connectivity index (χ1v) is 8.29. The minimum atomic E-state index is -0.147. The zero-order valence-corrected chi connectivity index (χ0v) is 14.1. The van der Waals surface area contributed by atoms with Gasteiger partial charge in [0.2, 0.25) is 11.8 Å².